The largest absolute Gasteiger partial charge is 0.467 e. The van der Waals surface area contributed by atoms with Crippen molar-refractivity contribution in [2.45, 2.75) is 115 Å². The second-order valence-electron chi connectivity index (χ2n) is 7.65. The van der Waals surface area contributed by atoms with E-state index in [2.05, 4.69) is 11.7 Å². The maximum Gasteiger partial charge on any atom is 0.337 e. The topological polar surface area (TPSA) is 96.2 Å². The minimum atomic E-state index is -1.50. The van der Waals surface area contributed by atoms with E-state index in [0.29, 0.717) is 6.61 Å². The maximum absolute atomic E-state index is 11.7. The molecule has 0 saturated carbocycles. The first-order chi connectivity index (χ1) is 13.6. The van der Waals surface area contributed by atoms with Crippen molar-refractivity contribution >= 4 is 5.97 Å². The van der Waals surface area contributed by atoms with Crippen LogP contribution < -0.4 is 0 Å². The van der Waals surface area contributed by atoms with Crippen molar-refractivity contribution in [2.24, 2.45) is 0 Å². The first-order valence-corrected chi connectivity index (χ1v) is 11.2. The third kappa shape index (κ3) is 14.3. The Hall–Kier alpha value is -0.690. The number of carbonyl (C=O) groups excluding carboxylic acids is 1. The van der Waals surface area contributed by atoms with Crippen LogP contribution in [-0.4, -0.2) is 59.9 Å². The van der Waals surface area contributed by atoms with Crippen LogP contribution in [0.2, 0.25) is 0 Å². The monoisotopic (exact) mass is 404 g/mol. The van der Waals surface area contributed by atoms with Crippen molar-refractivity contribution in [2.75, 3.05) is 20.3 Å². The first kappa shape index (κ1) is 27.3. The fourth-order valence-electron chi connectivity index (χ4n) is 3.24. The van der Waals surface area contributed by atoms with E-state index in [1.165, 1.54) is 77.7 Å². The summed E-state index contributed by atoms with van der Waals surface area (Å²) in [4.78, 5) is 11.7. The SMILES string of the molecule is CCCCCCCCCCCCCCCCOC(C(=O)OC)C(O)C(O)CO. The van der Waals surface area contributed by atoms with E-state index in [1.807, 2.05) is 0 Å². The lowest BCUT2D eigenvalue weighted by molar-refractivity contribution is -0.170. The lowest BCUT2D eigenvalue weighted by atomic mass is 10.0. The summed E-state index contributed by atoms with van der Waals surface area (Å²) in [5.74, 6) is -0.745. The van der Waals surface area contributed by atoms with E-state index in [1.54, 1.807) is 0 Å². The van der Waals surface area contributed by atoms with Gasteiger partial charge < -0.3 is 24.8 Å². The summed E-state index contributed by atoms with van der Waals surface area (Å²) in [5.41, 5.74) is 0. The van der Waals surface area contributed by atoms with E-state index >= 15 is 0 Å². The average Bonchev–Trinajstić information content (AvgIpc) is 2.71. The van der Waals surface area contributed by atoms with Gasteiger partial charge in [-0.2, -0.15) is 0 Å². The molecular weight excluding hydrogens is 360 g/mol. The van der Waals surface area contributed by atoms with E-state index in [9.17, 15) is 15.0 Å². The number of ether oxygens (including phenoxy) is 2. The Kier molecular flexibility index (Phi) is 19.1. The van der Waals surface area contributed by atoms with Crippen molar-refractivity contribution in [3.8, 4) is 0 Å². The van der Waals surface area contributed by atoms with Crippen LogP contribution in [0.5, 0.6) is 0 Å². The summed E-state index contributed by atoms with van der Waals surface area (Å²) in [5, 5.41) is 28.2. The van der Waals surface area contributed by atoms with Crippen molar-refractivity contribution < 1.29 is 29.6 Å². The Morgan fingerprint density at radius 3 is 1.61 bits per heavy atom. The molecule has 0 fully saturated rings. The van der Waals surface area contributed by atoms with Gasteiger partial charge in [0.25, 0.3) is 0 Å². The van der Waals surface area contributed by atoms with Gasteiger partial charge in [0.1, 0.15) is 12.2 Å². The molecule has 0 bridgehead atoms. The van der Waals surface area contributed by atoms with Crippen molar-refractivity contribution in [3.05, 3.63) is 0 Å². The molecule has 28 heavy (non-hydrogen) atoms. The molecule has 0 radical (unpaired) electrons. The quantitative estimate of drug-likeness (QED) is 0.211. The highest BCUT2D eigenvalue weighted by Crippen LogP contribution is 2.13. The molecule has 0 amide bonds. The molecule has 0 aromatic heterocycles. The molecule has 3 N–H and O–H groups in total. The van der Waals surface area contributed by atoms with Crippen molar-refractivity contribution in [3.63, 3.8) is 0 Å². The van der Waals surface area contributed by atoms with E-state index in [4.69, 9.17) is 9.84 Å². The zero-order valence-corrected chi connectivity index (χ0v) is 18.1. The first-order valence-electron chi connectivity index (χ1n) is 11.2. The number of aliphatic hydroxyl groups excluding tert-OH is 3. The molecule has 3 unspecified atom stereocenters. The lowest BCUT2D eigenvalue weighted by Gasteiger charge is -2.24. The molecule has 0 spiro atoms. The van der Waals surface area contributed by atoms with Crippen LogP contribution in [-0.2, 0) is 14.3 Å². The van der Waals surface area contributed by atoms with Crippen molar-refractivity contribution in [1.82, 2.24) is 0 Å². The second kappa shape index (κ2) is 19.6. The van der Waals surface area contributed by atoms with Gasteiger partial charge in [0.2, 0.25) is 0 Å². The molecule has 0 aliphatic heterocycles. The fourth-order valence-corrected chi connectivity index (χ4v) is 3.24. The molecule has 6 nitrogen and oxygen atoms in total. The van der Waals surface area contributed by atoms with E-state index < -0.39 is 30.9 Å². The molecular formula is C22H44O6. The highest BCUT2D eigenvalue weighted by atomic mass is 16.6. The van der Waals surface area contributed by atoms with Gasteiger partial charge >= 0.3 is 5.97 Å². The van der Waals surface area contributed by atoms with Gasteiger partial charge in [-0.1, -0.05) is 90.4 Å². The molecule has 0 saturated heterocycles. The molecule has 168 valence electrons. The Balaban J connectivity index is 3.57. The Bertz CT molecular complexity index is 350. The highest BCUT2D eigenvalue weighted by Gasteiger charge is 2.33. The zero-order chi connectivity index (χ0) is 21.0. The van der Waals surface area contributed by atoms with Crippen molar-refractivity contribution in [1.29, 1.82) is 0 Å². The predicted octanol–water partition coefficient (Wildman–Crippen LogP) is 3.74. The van der Waals surface area contributed by atoms with Crippen LogP contribution in [0.3, 0.4) is 0 Å². The normalized spacial score (nSPS) is 14.6. The number of aliphatic hydroxyl groups is 3. The number of hydrogen-bond donors (Lipinski definition) is 3. The maximum atomic E-state index is 11.7. The summed E-state index contributed by atoms with van der Waals surface area (Å²) >= 11 is 0. The van der Waals surface area contributed by atoms with Gasteiger partial charge in [-0.25, -0.2) is 4.79 Å². The minimum Gasteiger partial charge on any atom is -0.467 e. The molecule has 0 aromatic rings. The number of carbonyl (C=O) groups is 1. The van der Waals surface area contributed by atoms with Crippen LogP contribution in [0.15, 0.2) is 0 Å². The molecule has 0 aliphatic carbocycles. The average molecular weight is 405 g/mol. The Morgan fingerprint density at radius 1 is 0.786 bits per heavy atom. The predicted molar refractivity (Wildman–Crippen MR) is 111 cm³/mol. The standard InChI is InChI=1S/C22H44O6/c1-3-4-5-6-7-8-9-10-11-12-13-14-15-16-17-28-21(22(26)27-2)20(25)19(24)18-23/h19-21,23-25H,3-18H2,1-2H3. The summed E-state index contributed by atoms with van der Waals surface area (Å²) in [6.07, 6.45) is 13.4. The summed E-state index contributed by atoms with van der Waals surface area (Å²) < 4.78 is 9.98. The third-order valence-corrected chi connectivity index (χ3v) is 5.12. The van der Waals surface area contributed by atoms with Gasteiger partial charge in [-0.3, -0.25) is 0 Å². The lowest BCUT2D eigenvalue weighted by Crippen LogP contribution is -2.46. The second-order valence-corrected chi connectivity index (χ2v) is 7.65. The summed E-state index contributed by atoms with van der Waals surface area (Å²) in [6, 6.07) is 0. The zero-order valence-electron chi connectivity index (χ0n) is 18.1. The van der Waals surface area contributed by atoms with Gasteiger partial charge in [0.15, 0.2) is 6.10 Å². The highest BCUT2D eigenvalue weighted by molar-refractivity contribution is 5.75. The van der Waals surface area contributed by atoms with E-state index in [0.717, 1.165) is 19.3 Å². The number of unbranched alkanes of at least 4 members (excludes halogenated alkanes) is 13. The molecule has 0 aliphatic rings. The molecule has 0 rings (SSSR count). The number of esters is 1. The number of methoxy groups -OCH3 is 1. The van der Waals surface area contributed by atoms with Crippen LogP contribution in [0.25, 0.3) is 0 Å². The Labute approximate surface area is 171 Å². The third-order valence-electron chi connectivity index (χ3n) is 5.12. The smallest absolute Gasteiger partial charge is 0.337 e. The van der Waals surface area contributed by atoms with Crippen LogP contribution in [0, 0.1) is 0 Å². The number of rotatable bonds is 20. The van der Waals surface area contributed by atoms with Crippen LogP contribution in [0.4, 0.5) is 0 Å². The molecule has 6 heteroatoms. The van der Waals surface area contributed by atoms with Gasteiger partial charge in [0, 0.05) is 6.61 Å². The summed E-state index contributed by atoms with van der Waals surface area (Å²) in [6.45, 7) is 1.92. The molecule has 3 atom stereocenters. The Morgan fingerprint density at radius 2 is 1.21 bits per heavy atom. The van der Waals surface area contributed by atoms with Gasteiger partial charge in [-0.05, 0) is 6.42 Å². The summed E-state index contributed by atoms with van der Waals surface area (Å²) in [7, 11) is 1.20. The van der Waals surface area contributed by atoms with Crippen LogP contribution in [0.1, 0.15) is 96.8 Å². The van der Waals surface area contributed by atoms with Gasteiger partial charge in [-0.15, -0.1) is 0 Å². The van der Waals surface area contributed by atoms with Gasteiger partial charge in [0.05, 0.1) is 13.7 Å². The fraction of sp³-hybridized carbons (Fsp3) is 0.955. The molecule has 0 aromatic carbocycles. The molecule has 0 heterocycles. The van der Waals surface area contributed by atoms with E-state index in [-0.39, 0.29) is 0 Å². The minimum absolute atomic E-state index is 0.313. The number of hydrogen-bond acceptors (Lipinski definition) is 6. The van der Waals surface area contributed by atoms with Crippen LogP contribution >= 0.6 is 0 Å².